The summed E-state index contributed by atoms with van der Waals surface area (Å²) in [7, 11) is 0. The molecule has 0 aliphatic rings. The zero-order chi connectivity index (χ0) is 9.52. The van der Waals surface area contributed by atoms with Gasteiger partial charge < -0.3 is 29.2 Å². The summed E-state index contributed by atoms with van der Waals surface area (Å²) in [4.78, 5) is 0. The maximum absolute atomic E-state index is 8.43. The molecule has 4 heteroatoms. The smallest absolute Gasteiger partial charge is 0.227 e. The van der Waals surface area contributed by atoms with Crippen LogP contribution in [0.5, 0.6) is 0 Å². The first kappa shape index (κ1) is 13.4. The summed E-state index contributed by atoms with van der Waals surface area (Å²) in [6, 6.07) is 5.83. The summed E-state index contributed by atoms with van der Waals surface area (Å²) in [6.07, 6.45) is 5.75. The summed E-state index contributed by atoms with van der Waals surface area (Å²) in [5.41, 5.74) is 0.929. The van der Waals surface area contributed by atoms with Crippen molar-refractivity contribution in [1.82, 2.24) is 0 Å². The van der Waals surface area contributed by atoms with E-state index >= 15 is 0 Å². The Hall–Kier alpha value is -0.650. The molecule has 78 valence electrons. The molecule has 0 fully saturated rings. The number of nitrogens with zero attached hydrogens (tertiary/aromatic N) is 2. The van der Waals surface area contributed by atoms with Crippen molar-refractivity contribution in [2.45, 2.75) is 26.3 Å². The Bertz CT molecular complexity index is 289. The zero-order valence-corrected chi connectivity index (χ0v) is 10.4. The van der Waals surface area contributed by atoms with Crippen LogP contribution in [-0.4, -0.2) is 11.4 Å². The van der Waals surface area contributed by atoms with Crippen molar-refractivity contribution in [2.24, 2.45) is 5.16 Å². The van der Waals surface area contributed by atoms with Crippen molar-refractivity contribution in [3.63, 3.8) is 0 Å². The summed E-state index contributed by atoms with van der Waals surface area (Å²) < 4.78 is 2.07. The van der Waals surface area contributed by atoms with Crippen LogP contribution in [0.1, 0.15) is 25.5 Å². The molecule has 3 nitrogen and oxygen atoms in total. The summed E-state index contributed by atoms with van der Waals surface area (Å²) in [6.45, 7) is 3.13. The highest BCUT2D eigenvalue weighted by Gasteiger charge is 2.05. The number of hydrogen-bond donors (Lipinski definition) is 1. The van der Waals surface area contributed by atoms with Crippen LogP contribution < -0.4 is 28.5 Å². The number of unbranched alkanes of at least 4 members (excludes halogenated alkanes) is 1. The molecule has 0 aliphatic carbocycles. The third-order valence-electron chi connectivity index (χ3n) is 1.92. The first-order chi connectivity index (χ1) is 6.38. The second-order valence-electron chi connectivity index (χ2n) is 2.92. The van der Waals surface area contributed by atoms with Crippen LogP contribution in [0, 0.1) is 0 Å². The minimum Gasteiger partial charge on any atom is -1.00 e. The van der Waals surface area contributed by atoms with Gasteiger partial charge >= 0.3 is 0 Å². The third kappa shape index (κ3) is 4.04. The Morgan fingerprint density at radius 2 is 2.29 bits per heavy atom. The van der Waals surface area contributed by atoms with Gasteiger partial charge in [-0.25, -0.2) is 0 Å². The minimum atomic E-state index is 0. The number of aryl methyl sites for hydroxylation is 1. The van der Waals surface area contributed by atoms with Gasteiger partial charge in [0.15, 0.2) is 6.20 Å². The molecule has 0 saturated carbocycles. The first-order valence-corrected chi connectivity index (χ1v) is 4.54. The lowest BCUT2D eigenvalue weighted by Crippen LogP contribution is -3.00. The van der Waals surface area contributed by atoms with E-state index in [0.717, 1.165) is 25.1 Å². The van der Waals surface area contributed by atoms with Crippen LogP contribution in [0.2, 0.25) is 0 Å². The van der Waals surface area contributed by atoms with E-state index in [1.807, 2.05) is 24.4 Å². The Morgan fingerprint density at radius 1 is 1.50 bits per heavy atom. The lowest BCUT2D eigenvalue weighted by Gasteiger charge is -1.97. The van der Waals surface area contributed by atoms with Gasteiger partial charge in [-0.1, -0.05) is 18.5 Å². The predicted molar refractivity (Wildman–Crippen MR) is 50.9 cm³/mol. The van der Waals surface area contributed by atoms with E-state index in [1.165, 1.54) is 6.21 Å². The van der Waals surface area contributed by atoms with E-state index in [1.54, 1.807) is 0 Å². The molecule has 0 saturated heterocycles. The van der Waals surface area contributed by atoms with Gasteiger partial charge in [0, 0.05) is 18.6 Å². The number of rotatable bonds is 4. The number of pyridine rings is 1. The molecule has 1 aromatic heterocycles. The molecule has 0 spiro atoms. The van der Waals surface area contributed by atoms with Crippen LogP contribution in [0.25, 0.3) is 0 Å². The SMILES string of the molecule is CCCC[n+]1ccccc1/C=N/O.[I-]. The van der Waals surface area contributed by atoms with Crippen LogP contribution in [0.15, 0.2) is 29.6 Å². The third-order valence-corrected chi connectivity index (χ3v) is 1.92. The van der Waals surface area contributed by atoms with Crippen molar-refractivity contribution < 1.29 is 33.8 Å². The second-order valence-corrected chi connectivity index (χ2v) is 2.92. The van der Waals surface area contributed by atoms with Gasteiger partial charge in [-0.3, -0.25) is 0 Å². The fraction of sp³-hybridized carbons (Fsp3) is 0.400. The molecule has 1 N–H and O–H groups in total. The molecule has 14 heavy (non-hydrogen) atoms. The molecule has 1 aromatic rings. The van der Waals surface area contributed by atoms with Gasteiger partial charge in [-0.15, -0.1) is 0 Å². The lowest BCUT2D eigenvalue weighted by molar-refractivity contribution is -0.698. The molecular weight excluding hydrogens is 291 g/mol. The van der Waals surface area contributed by atoms with Gasteiger partial charge in [-0.2, -0.15) is 4.57 Å². The molecule has 0 atom stereocenters. The predicted octanol–water partition coefficient (Wildman–Crippen LogP) is -1.41. The molecule has 0 amide bonds. The van der Waals surface area contributed by atoms with Gasteiger partial charge in [0.05, 0.1) is 0 Å². The average Bonchev–Trinajstić information content (AvgIpc) is 2.17. The maximum atomic E-state index is 8.43. The van der Waals surface area contributed by atoms with E-state index < -0.39 is 0 Å². The molecular formula is C10H15IN2O. The Morgan fingerprint density at radius 3 is 2.93 bits per heavy atom. The van der Waals surface area contributed by atoms with Crippen molar-refractivity contribution in [2.75, 3.05) is 0 Å². The molecule has 0 bridgehead atoms. The molecule has 0 aliphatic heterocycles. The molecule has 0 radical (unpaired) electrons. The molecule has 1 heterocycles. The topological polar surface area (TPSA) is 36.5 Å². The highest BCUT2D eigenvalue weighted by Crippen LogP contribution is 1.91. The number of hydrogen-bond acceptors (Lipinski definition) is 2. The largest absolute Gasteiger partial charge is 1.00 e. The molecule has 0 aromatic carbocycles. The van der Waals surface area contributed by atoms with Crippen molar-refractivity contribution in [1.29, 1.82) is 0 Å². The Balaban J connectivity index is 0.00000169. The zero-order valence-electron chi connectivity index (χ0n) is 8.23. The van der Waals surface area contributed by atoms with Crippen molar-refractivity contribution in [3.8, 4) is 0 Å². The standard InChI is InChI=1S/C10H14N2O.HI/c1-2-3-7-12-8-5-4-6-10(12)9-11-13;/h4-6,8-9H,2-3,7H2,1H3;1H. The number of oxime groups is 1. The fourth-order valence-corrected chi connectivity index (χ4v) is 1.20. The highest BCUT2D eigenvalue weighted by molar-refractivity contribution is 5.74. The van der Waals surface area contributed by atoms with Gasteiger partial charge in [0.25, 0.3) is 0 Å². The quantitative estimate of drug-likeness (QED) is 0.240. The van der Waals surface area contributed by atoms with E-state index in [-0.39, 0.29) is 24.0 Å². The maximum Gasteiger partial charge on any atom is 0.227 e. The fourth-order valence-electron chi connectivity index (χ4n) is 1.20. The summed E-state index contributed by atoms with van der Waals surface area (Å²) >= 11 is 0. The van der Waals surface area contributed by atoms with Gasteiger partial charge in [0.2, 0.25) is 5.69 Å². The Kier molecular flexibility index (Phi) is 7.37. The van der Waals surface area contributed by atoms with E-state index in [2.05, 4.69) is 16.6 Å². The van der Waals surface area contributed by atoms with Crippen LogP contribution >= 0.6 is 0 Å². The van der Waals surface area contributed by atoms with Crippen molar-refractivity contribution in [3.05, 3.63) is 30.1 Å². The normalized spacial score (nSPS) is 10.1. The van der Waals surface area contributed by atoms with Crippen LogP contribution in [0.4, 0.5) is 0 Å². The average molecular weight is 306 g/mol. The van der Waals surface area contributed by atoms with Gasteiger partial charge in [0.1, 0.15) is 12.8 Å². The van der Waals surface area contributed by atoms with E-state index in [9.17, 15) is 0 Å². The summed E-state index contributed by atoms with van der Waals surface area (Å²) in [5.74, 6) is 0. The number of halogens is 1. The molecule has 0 unspecified atom stereocenters. The lowest BCUT2D eigenvalue weighted by atomic mass is 10.3. The van der Waals surface area contributed by atoms with Gasteiger partial charge in [-0.05, 0) is 6.07 Å². The van der Waals surface area contributed by atoms with Crippen molar-refractivity contribution >= 4 is 6.21 Å². The van der Waals surface area contributed by atoms with E-state index in [4.69, 9.17) is 5.21 Å². The molecule has 1 rings (SSSR count). The Labute approximate surface area is 101 Å². The van der Waals surface area contributed by atoms with Crippen LogP contribution in [0.3, 0.4) is 0 Å². The monoisotopic (exact) mass is 306 g/mol. The summed E-state index contributed by atoms with van der Waals surface area (Å²) in [5, 5.41) is 11.5. The minimum absolute atomic E-state index is 0. The van der Waals surface area contributed by atoms with Crippen LogP contribution in [-0.2, 0) is 6.54 Å². The first-order valence-electron chi connectivity index (χ1n) is 4.54. The second kappa shape index (κ2) is 7.73. The number of aromatic nitrogens is 1. The van der Waals surface area contributed by atoms with E-state index in [0.29, 0.717) is 0 Å². The highest BCUT2D eigenvalue weighted by atomic mass is 127.